The molecule has 1 aromatic heterocycles. The summed E-state index contributed by atoms with van der Waals surface area (Å²) < 4.78 is 6.50. The molecule has 1 heterocycles. The Balaban J connectivity index is 0.872. The normalized spacial score (nSPS) is 12.5. The summed E-state index contributed by atoms with van der Waals surface area (Å²) in [7, 11) is 0. The van der Waals surface area contributed by atoms with Crippen molar-refractivity contribution in [3.63, 3.8) is 0 Å². The Labute approximate surface area is 425 Å². The van der Waals surface area contributed by atoms with E-state index in [9.17, 15) is 0 Å². The Bertz CT molecular complexity index is 4120. The molecule has 73 heavy (non-hydrogen) atoms. The summed E-state index contributed by atoms with van der Waals surface area (Å²) >= 11 is 0. The molecule has 342 valence electrons. The van der Waals surface area contributed by atoms with Crippen LogP contribution in [-0.2, 0) is 5.41 Å². The SMILES string of the molecule is c1ccc(-c2ccc(-c3ccc4cc(N(c5ccc(-c6cccc7c6-c6ccccc6C7(c6ccccc6)c6ccccc6)cc5)c5ccc(-c6cccc7c6oc6ccccc67)cc5)ccc4c3)cc2)cc1. The lowest BCUT2D eigenvalue weighted by Gasteiger charge is -2.34. The second-order valence-corrected chi connectivity index (χ2v) is 19.2. The molecule has 0 spiro atoms. The Hall–Kier alpha value is -9.50. The maximum atomic E-state index is 6.50. The minimum Gasteiger partial charge on any atom is -0.455 e. The molecular weight excluding hydrogens is 883 g/mol. The number of rotatable bonds is 9. The highest BCUT2D eigenvalue weighted by molar-refractivity contribution is 6.09. The van der Waals surface area contributed by atoms with Crippen LogP contribution in [0.5, 0.6) is 0 Å². The molecule has 0 fully saturated rings. The van der Waals surface area contributed by atoms with Crippen LogP contribution in [0.15, 0.2) is 290 Å². The molecule has 2 heteroatoms. The van der Waals surface area contributed by atoms with Crippen molar-refractivity contribution in [2.45, 2.75) is 5.41 Å². The minimum absolute atomic E-state index is 0.465. The van der Waals surface area contributed by atoms with Crippen molar-refractivity contribution in [2.75, 3.05) is 4.90 Å². The lowest BCUT2D eigenvalue weighted by atomic mass is 9.67. The van der Waals surface area contributed by atoms with Gasteiger partial charge in [0.2, 0.25) is 0 Å². The summed E-state index contributed by atoms with van der Waals surface area (Å²) in [4.78, 5) is 2.38. The molecule has 0 radical (unpaired) electrons. The number of hydrogen-bond donors (Lipinski definition) is 0. The van der Waals surface area contributed by atoms with Crippen LogP contribution in [0.3, 0.4) is 0 Å². The van der Waals surface area contributed by atoms with Crippen molar-refractivity contribution in [3.05, 3.63) is 307 Å². The molecule has 13 aromatic rings. The van der Waals surface area contributed by atoms with Crippen LogP contribution in [0, 0.1) is 0 Å². The third-order valence-corrected chi connectivity index (χ3v) is 15.2. The van der Waals surface area contributed by atoms with Crippen molar-refractivity contribution in [2.24, 2.45) is 0 Å². The number of fused-ring (bicyclic) bond motifs is 7. The van der Waals surface area contributed by atoms with Gasteiger partial charge in [0.1, 0.15) is 11.2 Å². The van der Waals surface area contributed by atoms with E-state index in [-0.39, 0.29) is 0 Å². The van der Waals surface area contributed by atoms with Gasteiger partial charge in [0, 0.05) is 33.4 Å². The third kappa shape index (κ3) is 7.02. The highest BCUT2D eigenvalue weighted by Crippen LogP contribution is 2.58. The van der Waals surface area contributed by atoms with Crippen molar-refractivity contribution in [1.29, 1.82) is 0 Å². The standard InChI is InChI=1S/C71H47NO/c1-4-16-48(17-5-1)49-30-32-50(33-31-49)53-34-35-55-47-60(45-40-54(55)46-53)72(59-43-38-52(39-44-59)62-25-14-26-64-63-22-11-13-29-68(63)73-70(62)64)58-41-36-51(37-42-58)61-24-15-28-67-69(61)65-23-10-12-27-66(65)71(67,56-18-6-2-7-19-56)57-20-8-3-9-21-57/h1-47H. The summed E-state index contributed by atoms with van der Waals surface area (Å²) in [6.07, 6.45) is 0. The molecule has 0 aliphatic heterocycles. The van der Waals surface area contributed by atoms with Crippen LogP contribution in [0.25, 0.3) is 88.3 Å². The largest absolute Gasteiger partial charge is 0.455 e. The van der Waals surface area contributed by atoms with Gasteiger partial charge in [-0.2, -0.15) is 0 Å². The second kappa shape index (κ2) is 17.4. The quantitative estimate of drug-likeness (QED) is 0.143. The van der Waals surface area contributed by atoms with Gasteiger partial charge in [0.05, 0.1) is 5.41 Å². The first-order chi connectivity index (χ1) is 36.2. The zero-order valence-electron chi connectivity index (χ0n) is 40.0. The van der Waals surface area contributed by atoms with Gasteiger partial charge in [-0.1, -0.05) is 237 Å². The molecule has 2 nitrogen and oxygen atoms in total. The molecule has 12 aromatic carbocycles. The smallest absolute Gasteiger partial charge is 0.143 e. The molecule has 0 saturated heterocycles. The van der Waals surface area contributed by atoms with Gasteiger partial charge in [-0.3, -0.25) is 0 Å². The predicted molar refractivity (Wildman–Crippen MR) is 305 cm³/mol. The van der Waals surface area contributed by atoms with Gasteiger partial charge in [-0.15, -0.1) is 0 Å². The summed E-state index contributed by atoms with van der Waals surface area (Å²) in [5.74, 6) is 0. The summed E-state index contributed by atoms with van der Waals surface area (Å²) in [5, 5.41) is 4.63. The van der Waals surface area contributed by atoms with E-state index >= 15 is 0 Å². The van der Waals surface area contributed by atoms with E-state index in [0.29, 0.717) is 0 Å². The van der Waals surface area contributed by atoms with Crippen LogP contribution in [0.1, 0.15) is 22.3 Å². The van der Waals surface area contributed by atoms with E-state index < -0.39 is 5.41 Å². The highest BCUT2D eigenvalue weighted by atomic mass is 16.3. The lowest BCUT2D eigenvalue weighted by molar-refractivity contribution is 0.670. The van der Waals surface area contributed by atoms with Crippen molar-refractivity contribution in [3.8, 4) is 55.6 Å². The predicted octanol–water partition coefficient (Wildman–Crippen LogP) is 19.2. The third-order valence-electron chi connectivity index (χ3n) is 15.2. The van der Waals surface area contributed by atoms with Crippen LogP contribution in [0.2, 0.25) is 0 Å². The maximum Gasteiger partial charge on any atom is 0.143 e. The van der Waals surface area contributed by atoms with E-state index in [1.807, 2.05) is 12.1 Å². The van der Waals surface area contributed by atoms with Crippen LogP contribution < -0.4 is 4.90 Å². The van der Waals surface area contributed by atoms with Gasteiger partial charge >= 0.3 is 0 Å². The van der Waals surface area contributed by atoms with Gasteiger partial charge in [-0.05, 0) is 132 Å². The number of hydrogen-bond acceptors (Lipinski definition) is 2. The fourth-order valence-corrected chi connectivity index (χ4v) is 11.8. The molecule has 0 amide bonds. The molecular formula is C71H47NO. The topological polar surface area (TPSA) is 16.4 Å². The Morgan fingerprint density at radius 3 is 1.47 bits per heavy atom. The zero-order chi connectivity index (χ0) is 48.3. The molecule has 1 aliphatic carbocycles. The van der Waals surface area contributed by atoms with E-state index in [4.69, 9.17) is 4.42 Å². The van der Waals surface area contributed by atoms with Crippen LogP contribution in [0.4, 0.5) is 17.1 Å². The van der Waals surface area contributed by atoms with E-state index in [0.717, 1.165) is 50.1 Å². The first-order valence-corrected chi connectivity index (χ1v) is 25.1. The zero-order valence-corrected chi connectivity index (χ0v) is 40.0. The number of benzene rings is 12. The number of anilines is 3. The number of nitrogens with zero attached hydrogens (tertiary/aromatic N) is 1. The van der Waals surface area contributed by atoms with Crippen LogP contribution >= 0.6 is 0 Å². The molecule has 0 bridgehead atoms. The molecule has 14 rings (SSSR count). The van der Waals surface area contributed by atoms with Gasteiger partial charge in [0.15, 0.2) is 0 Å². The van der Waals surface area contributed by atoms with Crippen LogP contribution in [-0.4, -0.2) is 0 Å². The second-order valence-electron chi connectivity index (χ2n) is 19.2. The summed E-state index contributed by atoms with van der Waals surface area (Å²) in [6, 6.07) is 104. The monoisotopic (exact) mass is 929 g/mol. The van der Waals surface area contributed by atoms with E-state index in [1.54, 1.807) is 0 Å². The number of para-hydroxylation sites is 2. The first kappa shape index (κ1) is 42.4. The number of furan rings is 1. The summed E-state index contributed by atoms with van der Waals surface area (Å²) in [5.41, 5.74) is 21.7. The van der Waals surface area contributed by atoms with Crippen molar-refractivity contribution >= 4 is 49.8 Å². The average molecular weight is 930 g/mol. The minimum atomic E-state index is -0.465. The van der Waals surface area contributed by atoms with Gasteiger partial charge < -0.3 is 9.32 Å². The van der Waals surface area contributed by atoms with Gasteiger partial charge in [-0.25, -0.2) is 0 Å². The first-order valence-electron chi connectivity index (χ1n) is 25.1. The van der Waals surface area contributed by atoms with E-state index in [1.165, 1.54) is 77.5 Å². The lowest BCUT2D eigenvalue weighted by Crippen LogP contribution is -2.28. The summed E-state index contributed by atoms with van der Waals surface area (Å²) in [6.45, 7) is 0. The molecule has 0 atom stereocenters. The Kier molecular flexibility index (Phi) is 10.1. The van der Waals surface area contributed by atoms with Crippen molar-refractivity contribution < 1.29 is 4.42 Å². The fraction of sp³-hybridized carbons (Fsp3) is 0.0141. The molecule has 0 unspecified atom stereocenters. The average Bonchev–Trinajstić information content (AvgIpc) is 4.01. The Morgan fingerprint density at radius 1 is 0.288 bits per heavy atom. The highest BCUT2D eigenvalue weighted by Gasteiger charge is 2.46. The molecule has 0 N–H and O–H groups in total. The molecule has 0 saturated carbocycles. The maximum absolute atomic E-state index is 6.50. The van der Waals surface area contributed by atoms with Crippen molar-refractivity contribution in [1.82, 2.24) is 0 Å². The van der Waals surface area contributed by atoms with Gasteiger partial charge in [0.25, 0.3) is 0 Å². The Morgan fingerprint density at radius 2 is 0.753 bits per heavy atom. The van der Waals surface area contributed by atoms with E-state index in [2.05, 4.69) is 278 Å². The molecule has 1 aliphatic rings. The fourth-order valence-electron chi connectivity index (χ4n) is 11.8.